The number of hydrogen-bond acceptors (Lipinski definition) is 4. The van der Waals surface area contributed by atoms with E-state index in [9.17, 15) is 0 Å². The summed E-state index contributed by atoms with van der Waals surface area (Å²) >= 11 is 1.73. The first-order valence-electron chi connectivity index (χ1n) is 5.25. The van der Waals surface area contributed by atoms with E-state index >= 15 is 0 Å². The third kappa shape index (κ3) is 2.29. The molecule has 2 aromatic rings. The Morgan fingerprint density at radius 2 is 2.25 bits per heavy atom. The van der Waals surface area contributed by atoms with Crippen molar-refractivity contribution in [3.63, 3.8) is 0 Å². The average molecular weight is 256 g/mol. The van der Waals surface area contributed by atoms with Gasteiger partial charge in [0.1, 0.15) is 0 Å². The number of benzene rings is 1. The van der Waals surface area contributed by atoms with E-state index in [0.29, 0.717) is 6.04 Å². The molecular formula is C11H14ClN3S. The normalized spacial score (nSPS) is 19.6. The number of nitrogens with one attached hydrogen (secondary N) is 2. The summed E-state index contributed by atoms with van der Waals surface area (Å²) in [5, 5.41) is 7.86. The Hall–Kier alpha value is -0.840. The Balaban J connectivity index is 0.000000963. The molecule has 3 rings (SSSR count). The van der Waals surface area contributed by atoms with E-state index < -0.39 is 0 Å². The summed E-state index contributed by atoms with van der Waals surface area (Å²) in [7, 11) is 0. The lowest BCUT2D eigenvalue weighted by atomic mass is 10.3. The molecule has 0 saturated carbocycles. The van der Waals surface area contributed by atoms with E-state index in [-0.39, 0.29) is 12.4 Å². The van der Waals surface area contributed by atoms with Crippen LogP contribution in [0.5, 0.6) is 0 Å². The van der Waals surface area contributed by atoms with Gasteiger partial charge in [0.2, 0.25) is 0 Å². The van der Waals surface area contributed by atoms with Gasteiger partial charge in [-0.15, -0.1) is 12.4 Å². The van der Waals surface area contributed by atoms with E-state index in [1.165, 1.54) is 11.1 Å². The molecule has 1 saturated heterocycles. The van der Waals surface area contributed by atoms with Crippen molar-refractivity contribution >= 4 is 39.1 Å². The first-order valence-corrected chi connectivity index (χ1v) is 6.06. The Labute approximate surface area is 105 Å². The summed E-state index contributed by atoms with van der Waals surface area (Å²) < 4.78 is 1.26. The van der Waals surface area contributed by atoms with Crippen molar-refractivity contribution in [3.8, 4) is 0 Å². The van der Waals surface area contributed by atoms with Crippen LogP contribution < -0.4 is 10.6 Å². The highest BCUT2D eigenvalue weighted by molar-refractivity contribution is 7.22. The van der Waals surface area contributed by atoms with Crippen molar-refractivity contribution in [2.24, 2.45) is 0 Å². The Morgan fingerprint density at radius 3 is 3.00 bits per heavy atom. The van der Waals surface area contributed by atoms with Gasteiger partial charge in [-0.05, 0) is 25.1 Å². The zero-order chi connectivity index (χ0) is 10.1. The van der Waals surface area contributed by atoms with E-state index in [0.717, 1.165) is 23.7 Å². The summed E-state index contributed by atoms with van der Waals surface area (Å²) in [5.41, 5.74) is 1.09. The maximum atomic E-state index is 4.56. The number of hydrogen-bond donors (Lipinski definition) is 2. The molecule has 1 atom stereocenters. The average Bonchev–Trinajstić information content (AvgIpc) is 2.86. The van der Waals surface area contributed by atoms with E-state index in [4.69, 9.17) is 0 Å². The van der Waals surface area contributed by atoms with Crippen LogP contribution in [-0.4, -0.2) is 24.1 Å². The molecular weight excluding hydrogens is 242 g/mol. The largest absolute Gasteiger partial charge is 0.357 e. The second kappa shape index (κ2) is 4.99. The molecule has 86 valence electrons. The molecule has 1 aliphatic heterocycles. The van der Waals surface area contributed by atoms with Crippen LogP contribution in [0.1, 0.15) is 6.42 Å². The molecule has 1 aromatic heterocycles. The molecule has 3 nitrogen and oxygen atoms in total. The van der Waals surface area contributed by atoms with Crippen molar-refractivity contribution in [1.82, 2.24) is 10.3 Å². The molecule has 0 amide bonds. The first-order chi connectivity index (χ1) is 7.42. The third-order valence-corrected chi connectivity index (χ3v) is 3.65. The summed E-state index contributed by atoms with van der Waals surface area (Å²) in [6.07, 6.45) is 1.19. The predicted octanol–water partition coefficient (Wildman–Crippen LogP) is 2.49. The van der Waals surface area contributed by atoms with Gasteiger partial charge in [0.15, 0.2) is 5.13 Å². The van der Waals surface area contributed by atoms with Gasteiger partial charge in [0.25, 0.3) is 0 Å². The Morgan fingerprint density at radius 1 is 1.38 bits per heavy atom. The van der Waals surface area contributed by atoms with Crippen LogP contribution in [0.2, 0.25) is 0 Å². The SMILES string of the molecule is Cl.c1ccc2sc(N[C@H]3CCNC3)nc2c1. The molecule has 16 heavy (non-hydrogen) atoms. The van der Waals surface area contributed by atoms with Crippen molar-refractivity contribution in [2.75, 3.05) is 18.4 Å². The second-order valence-corrected chi connectivity index (χ2v) is 4.85. The number of thiazole rings is 1. The van der Waals surface area contributed by atoms with Gasteiger partial charge in [-0.1, -0.05) is 23.5 Å². The summed E-state index contributed by atoms with van der Waals surface area (Å²) in [6.45, 7) is 2.17. The summed E-state index contributed by atoms with van der Waals surface area (Å²) in [4.78, 5) is 4.56. The number of nitrogens with zero attached hydrogens (tertiary/aromatic N) is 1. The van der Waals surface area contributed by atoms with E-state index in [1.54, 1.807) is 11.3 Å². The van der Waals surface area contributed by atoms with Crippen molar-refractivity contribution in [3.05, 3.63) is 24.3 Å². The van der Waals surface area contributed by atoms with Crippen LogP contribution >= 0.6 is 23.7 Å². The Kier molecular flexibility index (Phi) is 3.63. The topological polar surface area (TPSA) is 37.0 Å². The number of aromatic nitrogens is 1. The third-order valence-electron chi connectivity index (χ3n) is 2.68. The fourth-order valence-electron chi connectivity index (χ4n) is 1.89. The maximum Gasteiger partial charge on any atom is 0.184 e. The molecule has 0 bridgehead atoms. The van der Waals surface area contributed by atoms with Crippen LogP contribution in [0.3, 0.4) is 0 Å². The van der Waals surface area contributed by atoms with E-state index in [2.05, 4.69) is 33.8 Å². The van der Waals surface area contributed by atoms with Crippen LogP contribution in [0.15, 0.2) is 24.3 Å². The number of rotatable bonds is 2. The number of fused-ring (bicyclic) bond motifs is 1. The lowest BCUT2D eigenvalue weighted by molar-refractivity contribution is 0.792. The highest BCUT2D eigenvalue weighted by Gasteiger charge is 2.15. The molecule has 0 aliphatic carbocycles. The van der Waals surface area contributed by atoms with Gasteiger partial charge >= 0.3 is 0 Å². The molecule has 2 heterocycles. The summed E-state index contributed by atoms with van der Waals surface area (Å²) in [6, 6.07) is 8.81. The molecule has 0 spiro atoms. The van der Waals surface area contributed by atoms with Crippen molar-refractivity contribution < 1.29 is 0 Å². The van der Waals surface area contributed by atoms with Gasteiger partial charge in [-0.2, -0.15) is 0 Å². The second-order valence-electron chi connectivity index (χ2n) is 3.82. The smallest absolute Gasteiger partial charge is 0.184 e. The minimum atomic E-state index is 0. The Bertz CT molecular complexity index is 432. The maximum absolute atomic E-state index is 4.56. The van der Waals surface area contributed by atoms with Gasteiger partial charge in [-0.3, -0.25) is 0 Å². The fraction of sp³-hybridized carbons (Fsp3) is 0.364. The van der Waals surface area contributed by atoms with Gasteiger partial charge in [0.05, 0.1) is 10.2 Å². The van der Waals surface area contributed by atoms with Crippen molar-refractivity contribution in [1.29, 1.82) is 0 Å². The minimum Gasteiger partial charge on any atom is -0.357 e. The zero-order valence-electron chi connectivity index (χ0n) is 8.77. The molecule has 0 unspecified atom stereocenters. The number of anilines is 1. The van der Waals surface area contributed by atoms with Gasteiger partial charge in [0, 0.05) is 12.6 Å². The lowest BCUT2D eigenvalue weighted by Crippen LogP contribution is -2.21. The van der Waals surface area contributed by atoms with Crippen LogP contribution in [0.4, 0.5) is 5.13 Å². The first kappa shape index (κ1) is 11.6. The molecule has 2 N–H and O–H groups in total. The van der Waals surface area contributed by atoms with Crippen molar-refractivity contribution in [2.45, 2.75) is 12.5 Å². The fourth-order valence-corrected chi connectivity index (χ4v) is 2.83. The minimum absolute atomic E-state index is 0. The van der Waals surface area contributed by atoms with Gasteiger partial charge < -0.3 is 10.6 Å². The molecule has 1 aliphatic rings. The zero-order valence-corrected chi connectivity index (χ0v) is 10.4. The molecule has 1 aromatic carbocycles. The van der Waals surface area contributed by atoms with E-state index in [1.807, 2.05) is 6.07 Å². The number of para-hydroxylation sites is 1. The number of halogens is 1. The monoisotopic (exact) mass is 255 g/mol. The highest BCUT2D eigenvalue weighted by atomic mass is 35.5. The standard InChI is InChI=1S/C11H13N3S.ClH/c1-2-4-10-9(3-1)14-11(15-10)13-8-5-6-12-7-8;/h1-4,8,12H,5-7H2,(H,13,14);1H/t8-;/m0./s1. The molecule has 1 fully saturated rings. The highest BCUT2D eigenvalue weighted by Crippen LogP contribution is 2.26. The quantitative estimate of drug-likeness (QED) is 0.866. The molecule has 0 radical (unpaired) electrons. The lowest BCUT2D eigenvalue weighted by Gasteiger charge is -2.08. The van der Waals surface area contributed by atoms with Crippen LogP contribution in [0, 0.1) is 0 Å². The summed E-state index contributed by atoms with van der Waals surface area (Å²) in [5.74, 6) is 0. The molecule has 5 heteroatoms. The van der Waals surface area contributed by atoms with Gasteiger partial charge in [-0.25, -0.2) is 4.98 Å². The van der Waals surface area contributed by atoms with Crippen LogP contribution in [0.25, 0.3) is 10.2 Å². The predicted molar refractivity (Wildman–Crippen MR) is 71.8 cm³/mol. The van der Waals surface area contributed by atoms with Crippen LogP contribution in [-0.2, 0) is 0 Å².